The van der Waals surface area contributed by atoms with Crippen LogP contribution in [0.3, 0.4) is 0 Å². The number of fused-ring (bicyclic) bond motifs is 1. The van der Waals surface area contributed by atoms with Gasteiger partial charge in [0.05, 0.1) is 34.7 Å². The number of benzene rings is 3. The second-order valence-electron chi connectivity index (χ2n) is 9.24. The van der Waals surface area contributed by atoms with Gasteiger partial charge < -0.3 is 25.1 Å². The van der Waals surface area contributed by atoms with E-state index in [0.29, 0.717) is 25.1 Å². The number of nitrogens with zero attached hydrogens (tertiary/aromatic N) is 4. The number of hydrogen-bond donors (Lipinski definition) is 3. The smallest absolute Gasteiger partial charge is 0.149 e. The van der Waals surface area contributed by atoms with Gasteiger partial charge in [-0.25, -0.2) is 9.67 Å². The minimum Gasteiger partial charge on any atom is -0.384 e. The summed E-state index contributed by atoms with van der Waals surface area (Å²) in [5.74, 6) is 0.929. The number of aromatic nitrogens is 4. The monoisotopic (exact) mass is 521 g/mol. The summed E-state index contributed by atoms with van der Waals surface area (Å²) in [4.78, 5) is 16.4. The predicted octanol–water partition coefficient (Wildman–Crippen LogP) is 4.47. The highest BCUT2D eigenvalue weighted by atomic mass is 16.5. The molecule has 4 N–H and O–H groups in total. The quantitative estimate of drug-likeness (QED) is 0.134. The number of amidine groups is 1. The van der Waals surface area contributed by atoms with Crippen molar-refractivity contribution in [2.24, 2.45) is 12.8 Å². The number of ether oxygens (including phenoxy) is 1. The molecule has 0 saturated carbocycles. The molecule has 0 spiro atoms. The van der Waals surface area contributed by atoms with E-state index in [1.54, 1.807) is 0 Å². The minimum absolute atomic E-state index is 0.0466. The average molecular weight is 522 g/mol. The number of nitrogen functional groups attached to an aromatic ring is 1. The normalized spacial score (nSPS) is 11.9. The van der Waals surface area contributed by atoms with Crippen LogP contribution in [0.2, 0.25) is 0 Å². The Morgan fingerprint density at radius 3 is 2.56 bits per heavy atom. The molecule has 5 aromatic rings. The van der Waals surface area contributed by atoms with Crippen LogP contribution in [0.15, 0.2) is 78.9 Å². The van der Waals surface area contributed by atoms with E-state index < -0.39 is 6.10 Å². The number of aryl methyl sites for hydroxylation is 1. The van der Waals surface area contributed by atoms with Gasteiger partial charge in [0.15, 0.2) is 0 Å². The Balaban J connectivity index is 1.45. The van der Waals surface area contributed by atoms with Crippen molar-refractivity contribution in [3.8, 4) is 16.9 Å². The Bertz CT molecular complexity index is 1600. The van der Waals surface area contributed by atoms with Gasteiger partial charge in [-0.1, -0.05) is 30.3 Å². The van der Waals surface area contributed by atoms with E-state index in [4.69, 9.17) is 26.0 Å². The summed E-state index contributed by atoms with van der Waals surface area (Å²) in [5, 5.41) is 15.8. The Morgan fingerprint density at radius 2 is 1.87 bits per heavy atom. The average Bonchev–Trinajstić information content (AvgIpc) is 3.52. The largest absolute Gasteiger partial charge is 0.384 e. The maximum absolute atomic E-state index is 11.5. The fourth-order valence-electron chi connectivity index (χ4n) is 4.58. The van der Waals surface area contributed by atoms with E-state index in [0.717, 1.165) is 51.5 Å². The van der Waals surface area contributed by atoms with Crippen LogP contribution >= 0.6 is 0 Å². The maximum atomic E-state index is 11.5. The Labute approximate surface area is 226 Å². The van der Waals surface area contributed by atoms with E-state index in [1.165, 1.54) is 0 Å². The molecule has 5 rings (SSSR count). The third kappa shape index (κ3) is 5.58. The van der Waals surface area contributed by atoms with Gasteiger partial charge in [-0.3, -0.25) is 5.41 Å². The zero-order valence-corrected chi connectivity index (χ0v) is 22.0. The van der Waals surface area contributed by atoms with Crippen molar-refractivity contribution in [2.45, 2.75) is 26.0 Å². The first kappa shape index (κ1) is 25.9. The van der Waals surface area contributed by atoms with E-state index in [2.05, 4.69) is 9.88 Å². The maximum Gasteiger partial charge on any atom is 0.149 e. The third-order valence-corrected chi connectivity index (χ3v) is 6.62. The molecule has 39 heavy (non-hydrogen) atoms. The van der Waals surface area contributed by atoms with Gasteiger partial charge in [-0.2, -0.15) is 5.10 Å². The number of aldehydes is 1. The van der Waals surface area contributed by atoms with Gasteiger partial charge >= 0.3 is 0 Å². The van der Waals surface area contributed by atoms with Crippen molar-refractivity contribution < 1.29 is 9.53 Å². The topological polar surface area (TPSA) is 124 Å². The van der Waals surface area contributed by atoms with E-state index in [1.807, 2.05) is 97.5 Å². The number of hydrogen-bond acceptors (Lipinski definition) is 6. The Hall–Kier alpha value is -4.76. The van der Waals surface area contributed by atoms with Crippen LogP contribution in [-0.4, -0.2) is 44.2 Å². The van der Waals surface area contributed by atoms with Crippen LogP contribution in [-0.2, 0) is 29.5 Å². The first-order valence-electron chi connectivity index (χ1n) is 12.8. The van der Waals surface area contributed by atoms with Crippen LogP contribution < -0.4 is 11.1 Å². The van der Waals surface area contributed by atoms with Crippen molar-refractivity contribution in [3.05, 3.63) is 95.9 Å². The fourth-order valence-corrected chi connectivity index (χ4v) is 4.58. The summed E-state index contributed by atoms with van der Waals surface area (Å²) in [6.07, 6.45) is 0.700. The molecular weight excluding hydrogens is 490 g/mol. The van der Waals surface area contributed by atoms with Crippen molar-refractivity contribution in [1.29, 1.82) is 5.41 Å². The molecule has 0 aliphatic heterocycles. The van der Waals surface area contributed by atoms with Crippen molar-refractivity contribution in [2.75, 3.05) is 11.9 Å². The Morgan fingerprint density at radius 1 is 1.10 bits per heavy atom. The molecule has 0 saturated heterocycles. The van der Waals surface area contributed by atoms with Gasteiger partial charge in [0, 0.05) is 36.9 Å². The molecule has 1 unspecified atom stereocenters. The lowest BCUT2D eigenvalue weighted by atomic mass is 10.1. The van der Waals surface area contributed by atoms with Crippen molar-refractivity contribution >= 4 is 28.8 Å². The highest BCUT2D eigenvalue weighted by Gasteiger charge is 2.17. The van der Waals surface area contributed by atoms with Crippen LogP contribution in [0, 0.1) is 5.41 Å². The predicted molar refractivity (Wildman–Crippen MR) is 153 cm³/mol. The lowest BCUT2D eigenvalue weighted by Gasteiger charge is -2.09. The molecule has 0 amide bonds. The van der Waals surface area contributed by atoms with Gasteiger partial charge in [-0.15, -0.1) is 0 Å². The van der Waals surface area contributed by atoms with Gasteiger partial charge in [0.1, 0.15) is 24.1 Å². The molecule has 0 bridgehead atoms. The third-order valence-electron chi connectivity index (χ3n) is 6.62. The zero-order valence-electron chi connectivity index (χ0n) is 22.0. The number of rotatable bonds is 11. The number of nitrogens with one attached hydrogen (secondary N) is 2. The number of carbonyl (C=O) groups is 1. The SMILES string of the molecule is CCOC(C=O)Cc1cc(-c2ccccc2)n(-c2ccc3c(c2)nc(CNc2ccc(C(=N)N)cc2)n3C)n1. The molecule has 3 aromatic carbocycles. The summed E-state index contributed by atoms with van der Waals surface area (Å²) in [7, 11) is 2.00. The molecule has 2 aromatic heterocycles. The first-order chi connectivity index (χ1) is 19.0. The number of carbonyl (C=O) groups excluding carboxylic acids is 1. The second kappa shape index (κ2) is 11.3. The molecule has 198 valence electrons. The summed E-state index contributed by atoms with van der Waals surface area (Å²) in [5.41, 5.74) is 12.6. The molecule has 9 heteroatoms. The standard InChI is InChI=1S/C30H31N7O2/c1-3-39-25(19-38)15-23-16-28(20-7-5-4-6-8-20)37(35-23)24-13-14-27-26(17-24)34-29(36(27)2)18-33-22-11-9-21(10-12-22)30(31)32/h4-14,16-17,19,25,33H,3,15,18H2,1-2H3,(H3,31,32). The van der Waals surface area contributed by atoms with Crippen LogP contribution in [0.4, 0.5) is 5.69 Å². The molecular formula is C30H31N7O2. The minimum atomic E-state index is -0.533. The highest BCUT2D eigenvalue weighted by Crippen LogP contribution is 2.27. The number of nitrogens with two attached hydrogens (primary N) is 1. The number of imidazole rings is 1. The summed E-state index contributed by atoms with van der Waals surface area (Å²) >= 11 is 0. The molecule has 0 fully saturated rings. The first-order valence-corrected chi connectivity index (χ1v) is 12.8. The molecule has 0 radical (unpaired) electrons. The molecule has 0 aliphatic rings. The van der Waals surface area contributed by atoms with E-state index >= 15 is 0 Å². The lowest BCUT2D eigenvalue weighted by Crippen LogP contribution is -2.18. The lowest BCUT2D eigenvalue weighted by molar-refractivity contribution is -0.117. The summed E-state index contributed by atoms with van der Waals surface area (Å²) < 4.78 is 9.52. The van der Waals surface area contributed by atoms with E-state index in [9.17, 15) is 4.79 Å². The Kier molecular flexibility index (Phi) is 7.51. The van der Waals surface area contributed by atoms with Crippen LogP contribution in [0.25, 0.3) is 28.0 Å². The van der Waals surface area contributed by atoms with Crippen LogP contribution in [0.1, 0.15) is 24.0 Å². The highest BCUT2D eigenvalue weighted by molar-refractivity contribution is 5.95. The van der Waals surface area contributed by atoms with Gasteiger partial charge in [-0.05, 0) is 55.5 Å². The summed E-state index contributed by atoms with van der Waals surface area (Å²) in [6.45, 7) is 2.87. The van der Waals surface area contributed by atoms with Crippen LogP contribution in [0.5, 0.6) is 0 Å². The van der Waals surface area contributed by atoms with Crippen molar-refractivity contribution in [3.63, 3.8) is 0 Å². The van der Waals surface area contributed by atoms with Gasteiger partial charge in [0.25, 0.3) is 0 Å². The molecule has 9 nitrogen and oxygen atoms in total. The summed E-state index contributed by atoms with van der Waals surface area (Å²) in [6, 6.07) is 25.6. The van der Waals surface area contributed by atoms with E-state index in [-0.39, 0.29) is 5.84 Å². The number of anilines is 1. The molecule has 0 aliphatic carbocycles. The van der Waals surface area contributed by atoms with Gasteiger partial charge in [0.2, 0.25) is 0 Å². The fraction of sp³-hybridized carbons (Fsp3) is 0.200. The van der Waals surface area contributed by atoms with Crippen molar-refractivity contribution in [1.82, 2.24) is 19.3 Å². The molecule has 1 atom stereocenters. The molecule has 2 heterocycles. The zero-order chi connectivity index (χ0) is 27.4. The second-order valence-corrected chi connectivity index (χ2v) is 9.24.